The summed E-state index contributed by atoms with van der Waals surface area (Å²) >= 11 is 0. The molecule has 144 valence electrons. The molecule has 2 heterocycles. The largest absolute Gasteiger partial charge is 0.338 e. The number of benzene rings is 2. The van der Waals surface area contributed by atoms with Gasteiger partial charge in [0.25, 0.3) is 0 Å². The molecule has 0 radical (unpaired) electrons. The van der Waals surface area contributed by atoms with E-state index in [0.717, 1.165) is 43.1 Å². The first-order valence-corrected chi connectivity index (χ1v) is 9.55. The summed E-state index contributed by atoms with van der Waals surface area (Å²) in [5.41, 5.74) is 4.32. The number of nitrogens with zero attached hydrogens (tertiary/aromatic N) is 4. The maximum absolute atomic E-state index is 4.68. The molecule has 1 saturated heterocycles. The predicted molar refractivity (Wildman–Crippen MR) is 114 cm³/mol. The zero-order valence-electron chi connectivity index (χ0n) is 16.2. The average molecular weight is 375 g/mol. The molecule has 2 aromatic carbocycles. The highest BCUT2D eigenvalue weighted by Crippen LogP contribution is 2.23. The van der Waals surface area contributed by atoms with Crippen molar-refractivity contribution in [2.45, 2.75) is 13.8 Å². The fourth-order valence-corrected chi connectivity index (χ4v) is 3.21. The second-order valence-electron chi connectivity index (χ2n) is 6.95. The highest BCUT2D eigenvalue weighted by Gasteiger charge is 2.16. The zero-order valence-corrected chi connectivity index (χ0v) is 16.2. The van der Waals surface area contributed by atoms with E-state index in [1.165, 1.54) is 5.56 Å². The molecule has 3 aromatic rings. The highest BCUT2D eigenvalue weighted by atomic mass is 15.3. The van der Waals surface area contributed by atoms with Crippen LogP contribution >= 0.6 is 0 Å². The third-order valence-corrected chi connectivity index (χ3v) is 4.68. The van der Waals surface area contributed by atoms with Crippen molar-refractivity contribution >= 4 is 29.2 Å². The highest BCUT2D eigenvalue weighted by molar-refractivity contribution is 5.62. The molecular weight excluding hydrogens is 350 g/mol. The van der Waals surface area contributed by atoms with Gasteiger partial charge < -0.3 is 20.9 Å². The van der Waals surface area contributed by atoms with E-state index >= 15 is 0 Å². The molecule has 3 N–H and O–H groups in total. The summed E-state index contributed by atoms with van der Waals surface area (Å²) in [5, 5.41) is 10.0. The molecule has 1 aromatic heterocycles. The lowest BCUT2D eigenvalue weighted by Crippen LogP contribution is -2.44. The number of para-hydroxylation sites is 1. The van der Waals surface area contributed by atoms with Crippen LogP contribution in [0.25, 0.3) is 0 Å². The topological polar surface area (TPSA) is 78.0 Å². The van der Waals surface area contributed by atoms with E-state index in [1.807, 2.05) is 30.3 Å². The van der Waals surface area contributed by atoms with Crippen molar-refractivity contribution in [2.75, 3.05) is 41.7 Å². The number of piperazine rings is 1. The molecule has 0 amide bonds. The van der Waals surface area contributed by atoms with Gasteiger partial charge in [0.1, 0.15) is 0 Å². The Labute approximate surface area is 165 Å². The monoisotopic (exact) mass is 375 g/mol. The van der Waals surface area contributed by atoms with Gasteiger partial charge in [-0.2, -0.15) is 15.0 Å². The Morgan fingerprint density at radius 3 is 2.29 bits per heavy atom. The van der Waals surface area contributed by atoms with Gasteiger partial charge in [0.15, 0.2) is 0 Å². The smallest absolute Gasteiger partial charge is 0.233 e. The molecule has 1 aliphatic heterocycles. The van der Waals surface area contributed by atoms with Crippen molar-refractivity contribution < 1.29 is 0 Å². The van der Waals surface area contributed by atoms with Gasteiger partial charge in [-0.05, 0) is 37.6 Å². The lowest BCUT2D eigenvalue weighted by Gasteiger charge is -2.27. The molecule has 0 unspecified atom stereocenters. The van der Waals surface area contributed by atoms with Crippen molar-refractivity contribution in [1.82, 2.24) is 20.3 Å². The van der Waals surface area contributed by atoms with Crippen LogP contribution in [0.5, 0.6) is 0 Å². The first-order chi connectivity index (χ1) is 13.7. The second kappa shape index (κ2) is 8.22. The number of rotatable bonds is 5. The molecule has 0 aliphatic carbocycles. The quantitative estimate of drug-likeness (QED) is 0.631. The number of aromatic nitrogens is 3. The molecule has 0 saturated carbocycles. The number of nitrogens with one attached hydrogen (secondary N) is 3. The summed E-state index contributed by atoms with van der Waals surface area (Å²) in [5.74, 6) is 1.75. The standard InChI is InChI=1S/C21H25N7/c1-15-8-9-18(16(2)14-15)24-20-25-19(23-17-6-4-3-5-7-17)26-21(27-20)28-12-10-22-11-13-28/h3-9,14,22H,10-13H2,1-2H3,(H2,23,24,25,26,27). The number of hydrogen-bond acceptors (Lipinski definition) is 7. The normalized spacial score (nSPS) is 14.0. The fraction of sp³-hybridized carbons (Fsp3) is 0.286. The maximum Gasteiger partial charge on any atom is 0.233 e. The van der Waals surface area contributed by atoms with Crippen molar-refractivity contribution in [2.24, 2.45) is 0 Å². The van der Waals surface area contributed by atoms with Crippen molar-refractivity contribution in [3.63, 3.8) is 0 Å². The predicted octanol–water partition coefficient (Wildman–Crippen LogP) is 3.39. The van der Waals surface area contributed by atoms with E-state index in [0.29, 0.717) is 17.8 Å². The molecular formula is C21H25N7. The summed E-state index contributed by atoms with van der Waals surface area (Å²) in [6.45, 7) is 7.76. The van der Waals surface area contributed by atoms with Crippen molar-refractivity contribution in [3.8, 4) is 0 Å². The third-order valence-electron chi connectivity index (χ3n) is 4.68. The first-order valence-electron chi connectivity index (χ1n) is 9.55. The number of hydrogen-bond donors (Lipinski definition) is 3. The zero-order chi connectivity index (χ0) is 19.3. The van der Waals surface area contributed by atoms with Gasteiger partial charge in [-0.25, -0.2) is 0 Å². The van der Waals surface area contributed by atoms with E-state index in [2.05, 4.69) is 67.8 Å². The van der Waals surface area contributed by atoms with Crippen LogP contribution in [0.4, 0.5) is 29.2 Å². The van der Waals surface area contributed by atoms with Gasteiger partial charge in [0.05, 0.1) is 0 Å². The number of anilines is 5. The molecule has 1 fully saturated rings. The molecule has 0 spiro atoms. The molecule has 1 aliphatic rings. The Kier molecular flexibility index (Phi) is 5.34. The van der Waals surface area contributed by atoms with Gasteiger partial charge in [-0.1, -0.05) is 35.9 Å². The van der Waals surface area contributed by atoms with E-state index in [4.69, 9.17) is 0 Å². The van der Waals surface area contributed by atoms with Crippen LogP contribution < -0.4 is 20.9 Å². The van der Waals surface area contributed by atoms with Crippen LogP contribution in [0.3, 0.4) is 0 Å². The summed E-state index contributed by atoms with van der Waals surface area (Å²) in [7, 11) is 0. The van der Waals surface area contributed by atoms with Crippen LogP contribution in [0.15, 0.2) is 48.5 Å². The van der Waals surface area contributed by atoms with Gasteiger partial charge in [0.2, 0.25) is 17.8 Å². The van der Waals surface area contributed by atoms with Crippen molar-refractivity contribution in [1.29, 1.82) is 0 Å². The first kappa shape index (κ1) is 18.2. The number of aryl methyl sites for hydroxylation is 2. The van der Waals surface area contributed by atoms with Gasteiger partial charge in [0, 0.05) is 37.6 Å². The van der Waals surface area contributed by atoms with Crippen molar-refractivity contribution in [3.05, 3.63) is 59.7 Å². The second-order valence-corrected chi connectivity index (χ2v) is 6.95. The van der Waals surface area contributed by atoms with Crippen LogP contribution in [0.1, 0.15) is 11.1 Å². The van der Waals surface area contributed by atoms with Gasteiger partial charge >= 0.3 is 0 Å². The lowest BCUT2D eigenvalue weighted by atomic mass is 10.1. The summed E-state index contributed by atoms with van der Waals surface area (Å²) in [6.07, 6.45) is 0. The summed E-state index contributed by atoms with van der Waals surface area (Å²) < 4.78 is 0. The van der Waals surface area contributed by atoms with E-state index < -0.39 is 0 Å². The fourth-order valence-electron chi connectivity index (χ4n) is 3.21. The minimum Gasteiger partial charge on any atom is -0.338 e. The molecule has 7 nitrogen and oxygen atoms in total. The van der Waals surface area contributed by atoms with Crippen LogP contribution in [-0.4, -0.2) is 41.1 Å². The van der Waals surface area contributed by atoms with E-state index in [9.17, 15) is 0 Å². The molecule has 0 bridgehead atoms. The molecule has 7 heteroatoms. The molecule has 28 heavy (non-hydrogen) atoms. The Balaban J connectivity index is 1.66. The third kappa shape index (κ3) is 4.37. The Morgan fingerprint density at radius 1 is 0.857 bits per heavy atom. The van der Waals surface area contributed by atoms with Crippen LogP contribution in [-0.2, 0) is 0 Å². The molecule has 4 rings (SSSR count). The molecule has 0 atom stereocenters. The van der Waals surface area contributed by atoms with Crippen LogP contribution in [0.2, 0.25) is 0 Å². The minimum atomic E-state index is 0.530. The SMILES string of the molecule is Cc1ccc(Nc2nc(Nc3ccccc3)nc(N3CCNCC3)n2)c(C)c1. The van der Waals surface area contributed by atoms with E-state index in [1.54, 1.807) is 0 Å². The van der Waals surface area contributed by atoms with E-state index in [-0.39, 0.29) is 0 Å². The minimum absolute atomic E-state index is 0.530. The van der Waals surface area contributed by atoms with Gasteiger partial charge in [-0.3, -0.25) is 0 Å². The Bertz CT molecular complexity index is 937. The average Bonchev–Trinajstić information content (AvgIpc) is 2.71. The lowest BCUT2D eigenvalue weighted by molar-refractivity contribution is 0.579. The summed E-state index contributed by atoms with van der Waals surface area (Å²) in [6, 6.07) is 16.2. The Morgan fingerprint density at radius 2 is 1.57 bits per heavy atom. The van der Waals surface area contributed by atoms with Crippen LogP contribution in [0, 0.1) is 13.8 Å². The maximum atomic E-state index is 4.68. The summed E-state index contributed by atoms with van der Waals surface area (Å²) in [4.78, 5) is 16.1. The Hall–Kier alpha value is -3.19. The van der Waals surface area contributed by atoms with Gasteiger partial charge in [-0.15, -0.1) is 0 Å².